The fraction of sp³-hybridized carbons (Fsp3) is 0.433. The van der Waals surface area contributed by atoms with Crippen molar-refractivity contribution >= 4 is 27.7 Å². The Bertz CT molecular complexity index is 1060. The van der Waals surface area contributed by atoms with E-state index < -0.39 is 0 Å². The minimum absolute atomic E-state index is 0.120. The van der Waals surface area contributed by atoms with Gasteiger partial charge in [0.05, 0.1) is 0 Å². The van der Waals surface area contributed by atoms with Crippen molar-refractivity contribution in [3.8, 4) is 0 Å². The number of rotatable bonds is 1. The summed E-state index contributed by atoms with van der Waals surface area (Å²) in [5.41, 5.74) is 4.57. The first-order chi connectivity index (χ1) is 14.8. The van der Waals surface area contributed by atoms with E-state index in [4.69, 9.17) is 0 Å². The maximum absolute atomic E-state index is 3.21. The van der Waals surface area contributed by atoms with Crippen LogP contribution in [0.1, 0.15) is 72.4 Å². The second kappa shape index (κ2) is 11.2. The quantitative estimate of drug-likeness (QED) is 0.243. The van der Waals surface area contributed by atoms with Crippen LogP contribution in [-0.2, 0) is 30.0 Å². The Morgan fingerprint density at radius 2 is 1.31 bits per heavy atom. The number of hydrogen-bond acceptors (Lipinski definition) is 0. The van der Waals surface area contributed by atoms with Crippen LogP contribution in [-0.4, -0.2) is 6.19 Å². The Morgan fingerprint density at radius 3 is 1.59 bits per heavy atom. The second-order valence-corrected chi connectivity index (χ2v) is 17.6. The average Bonchev–Trinajstić information content (AvgIpc) is 3.33. The molecule has 0 aromatic heterocycles. The average molecular weight is 477 g/mol. The first kappa shape index (κ1) is 27.0. The zero-order valence-electron chi connectivity index (χ0n) is 21.6. The molecule has 0 saturated heterocycles. The molecule has 168 valence electrons. The van der Waals surface area contributed by atoms with Crippen molar-refractivity contribution in [1.82, 2.24) is 0 Å². The molecule has 0 atom stereocenters. The third-order valence-corrected chi connectivity index (χ3v) is 5.58. The molecule has 3 aromatic carbocycles. The molecule has 32 heavy (non-hydrogen) atoms. The molecule has 0 fully saturated rings. The van der Waals surface area contributed by atoms with Crippen LogP contribution in [0.15, 0.2) is 60.2 Å². The van der Waals surface area contributed by atoms with Gasteiger partial charge in [0.15, 0.2) is 0 Å². The van der Waals surface area contributed by atoms with Crippen molar-refractivity contribution in [1.29, 1.82) is 0 Å². The van der Waals surface area contributed by atoms with E-state index in [0.29, 0.717) is 0 Å². The van der Waals surface area contributed by atoms with Crippen LogP contribution in [0.25, 0.3) is 21.5 Å². The first-order valence-corrected chi connectivity index (χ1v) is 16.6. The molecule has 0 bridgehead atoms. The van der Waals surface area contributed by atoms with Gasteiger partial charge in [-0.2, -0.15) is 6.08 Å². The molecule has 0 aliphatic heterocycles. The molecule has 1 aliphatic rings. The molecule has 0 spiro atoms. The molecular weight excluding hydrogens is 436 g/mol. The van der Waals surface area contributed by atoms with Crippen molar-refractivity contribution < 1.29 is 19.2 Å². The fourth-order valence-electron chi connectivity index (χ4n) is 3.65. The first-order valence-electron chi connectivity index (χ1n) is 11.7. The van der Waals surface area contributed by atoms with Gasteiger partial charge >= 0.3 is 38.5 Å². The SMILES string of the molecule is CC(C)(C)c1ccc2c(c1)[cH-]c1cc(C(C)(C)C)ccc12.CCC1=[C-]CC=C1.C[Si](C)=[Ti+2]. The molecule has 4 rings (SSSR count). The van der Waals surface area contributed by atoms with E-state index in [9.17, 15) is 0 Å². The summed E-state index contributed by atoms with van der Waals surface area (Å²) in [4.78, 5) is 0. The Kier molecular flexibility index (Phi) is 9.47. The second-order valence-electron chi connectivity index (χ2n) is 10.9. The molecule has 3 aromatic rings. The molecule has 0 radical (unpaired) electrons. The van der Waals surface area contributed by atoms with Crippen molar-refractivity contribution in [2.45, 2.75) is 85.2 Å². The van der Waals surface area contributed by atoms with E-state index in [-0.39, 0.29) is 17.0 Å². The molecule has 0 unspecified atom stereocenters. The van der Waals surface area contributed by atoms with Crippen LogP contribution in [0, 0.1) is 6.08 Å². The third kappa shape index (κ3) is 7.65. The molecule has 1 aliphatic carbocycles. The Balaban J connectivity index is 0.000000273. The molecule has 0 nitrogen and oxygen atoms in total. The number of benzene rings is 2. The van der Waals surface area contributed by atoms with Gasteiger partial charge in [-0.15, -0.1) is 46.2 Å². The van der Waals surface area contributed by atoms with Gasteiger partial charge in [0.1, 0.15) is 0 Å². The molecule has 0 N–H and O–H groups in total. The number of hydrogen-bond donors (Lipinski definition) is 0. The molecule has 0 saturated carbocycles. The third-order valence-electron chi connectivity index (χ3n) is 5.58. The molecule has 0 heterocycles. The van der Waals surface area contributed by atoms with E-state index >= 15 is 0 Å². The Hall–Kier alpha value is -1.28. The van der Waals surface area contributed by atoms with Gasteiger partial charge in [0.25, 0.3) is 0 Å². The summed E-state index contributed by atoms with van der Waals surface area (Å²) in [5.74, 6) is 0. The van der Waals surface area contributed by atoms with Crippen LogP contribution in [0.4, 0.5) is 0 Å². The van der Waals surface area contributed by atoms with Crippen molar-refractivity contribution in [3.05, 3.63) is 77.4 Å². The van der Waals surface area contributed by atoms with Gasteiger partial charge in [-0.25, -0.2) is 11.6 Å². The van der Waals surface area contributed by atoms with Crippen LogP contribution >= 0.6 is 0 Å². The normalized spacial score (nSPS) is 13.4. The van der Waals surface area contributed by atoms with E-state index in [0.717, 1.165) is 12.8 Å². The Morgan fingerprint density at radius 1 is 0.875 bits per heavy atom. The summed E-state index contributed by atoms with van der Waals surface area (Å²) >= 11 is 2.27. The van der Waals surface area contributed by atoms with Crippen LogP contribution < -0.4 is 0 Å². The summed E-state index contributed by atoms with van der Waals surface area (Å²) < 4.78 is 0. The zero-order valence-corrected chi connectivity index (χ0v) is 24.2. The standard InChI is InChI=1S/C21H25.C7H9.C2H6Si.Ti/c1-20(2,3)16-7-9-18-14(12-16)11-15-13-17(21(4,5)6)8-10-19(15)18;1-2-7-5-3-4-6-7;1-3-2;/h7-13H,1-6H3;3,5H,2,4H2,1H3;1-2H3;/q2*-1;;+2. The predicted octanol–water partition coefficient (Wildman–Crippen LogP) is 9.18. The summed E-state index contributed by atoms with van der Waals surface area (Å²) in [5, 5.41) is 5.48. The molecule has 2 heteroatoms. The fourth-order valence-corrected chi connectivity index (χ4v) is 3.65. The van der Waals surface area contributed by atoms with Crippen molar-refractivity contribution in [2.75, 3.05) is 0 Å². The van der Waals surface area contributed by atoms with E-state index in [1.165, 1.54) is 38.2 Å². The zero-order chi connectivity index (χ0) is 24.1. The number of fused-ring (bicyclic) bond motifs is 3. The van der Waals surface area contributed by atoms with Gasteiger partial charge in [0, 0.05) is 0 Å². The van der Waals surface area contributed by atoms with E-state index in [1.807, 2.05) is 0 Å². The summed E-state index contributed by atoms with van der Waals surface area (Å²) in [6.07, 6.45) is 9.78. The maximum atomic E-state index is 3.21. The number of allylic oxidation sites excluding steroid dienone is 4. The minimum atomic E-state index is 0.120. The molecular formula is C30H40SiTi. The Labute approximate surface area is 208 Å². The topological polar surface area (TPSA) is 0 Å². The van der Waals surface area contributed by atoms with Gasteiger partial charge in [0.2, 0.25) is 0 Å². The predicted molar refractivity (Wildman–Crippen MR) is 143 cm³/mol. The van der Waals surface area contributed by atoms with Gasteiger partial charge in [-0.1, -0.05) is 90.3 Å². The van der Waals surface area contributed by atoms with Crippen molar-refractivity contribution in [2.24, 2.45) is 0 Å². The van der Waals surface area contributed by atoms with Crippen LogP contribution in [0.2, 0.25) is 13.1 Å². The summed E-state index contributed by atoms with van der Waals surface area (Å²) in [6, 6.07) is 16.2. The summed E-state index contributed by atoms with van der Waals surface area (Å²) in [7, 11) is 0. The van der Waals surface area contributed by atoms with Crippen LogP contribution in [0.5, 0.6) is 0 Å². The molecule has 0 amide bonds. The van der Waals surface area contributed by atoms with E-state index in [1.54, 1.807) is 0 Å². The van der Waals surface area contributed by atoms with Crippen molar-refractivity contribution in [3.63, 3.8) is 0 Å². The summed E-state index contributed by atoms with van der Waals surface area (Å²) in [6.45, 7) is 20.3. The monoisotopic (exact) mass is 476 g/mol. The van der Waals surface area contributed by atoms with Crippen LogP contribution in [0.3, 0.4) is 0 Å². The van der Waals surface area contributed by atoms with E-state index in [2.05, 4.69) is 141 Å². The van der Waals surface area contributed by atoms with Gasteiger partial charge in [-0.05, 0) is 10.8 Å². The van der Waals surface area contributed by atoms with Gasteiger partial charge < -0.3 is 0 Å². The van der Waals surface area contributed by atoms with Gasteiger partial charge in [-0.3, -0.25) is 6.08 Å².